The molecule has 0 radical (unpaired) electrons. The van der Waals surface area contributed by atoms with Gasteiger partial charge in [-0.05, 0) is 36.4 Å². The van der Waals surface area contributed by atoms with E-state index in [0.29, 0.717) is 11.3 Å². The van der Waals surface area contributed by atoms with Crippen LogP contribution >= 0.6 is 0 Å². The number of fused-ring (bicyclic) bond motifs is 1. The quantitative estimate of drug-likeness (QED) is 0.685. The summed E-state index contributed by atoms with van der Waals surface area (Å²) in [6.07, 6.45) is -1.93. The summed E-state index contributed by atoms with van der Waals surface area (Å²) >= 11 is 0. The van der Waals surface area contributed by atoms with Crippen LogP contribution in [0, 0.1) is 5.82 Å². The van der Waals surface area contributed by atoms with Gasteiger partial charge in [0.1, 0.15) is 11.5 Å². The number of halogens is 4. The summed E-state index contributed by atoms with van der Waals surface area (Å²) in [5, 5.41) is 0. The maximum Gasteiger partial charge on any atom is 0.417 e. The minimum Gasteiger partial charge on any atom is -0.306 e. The van der Waals surface area contributed by atoms with Gasteiger partial charge in [0.15, 0.2) is 0 Å². The molecular weight excluding hydrogens is 374 g/mol. The maximum atomic E-state index is 12.9. The average Bonchev–Trinajstić information content (AvgIpc) is 2.96. The Morgan fingerprint density at radius 2 is 1.73 bits per heavy atom. The molecule has 0 spiro atoms. The number of nitrogens with zero attached hydrogens (tertiary/aromatic N) is 2. The summed E-state index contributed by atoms with van der Waals surface area (Å²) in [7, 11) is -3.80. The molecule has 5 nitrogen and oxygen atoms in total. The zero-order chi connectivity index (χ0) is 18.9. The zero-order valence-corrected chi connectivity index (χ0v) is 14.0. The van der Waals surface area contributed by atoms with Crippen molar-refractivity contribution in [3.8, 4) is 0 Å². The monoisotopic (exact) mass is 387 g/mol. The molecule has 26 heavy (non-hydrogen) atoms. The zero-order valence-electron chi connectivity index (χ0n) is 13.2. The lowest BCUT2D eigenvalue weighted by Gasteiger charge is -2.06. The van der Waals surface area contributed by atoms with Gasteiger partial charge in [-0.1, -0.05) is 0 Å². The van der Waals surface area contributed by atoms with E-state index in [0.717, 1.165) is 36.5 Å². The number of alkyl halides is 3. The van der Waals surface area contributed by atoms with Gasteiger partial charge in [0, 0.05) is 25.4 Å². The van der Waals surface area contributed by atoms with Gasteiger partial charge in [-0.15, -0.1) is 0 Å². The van der Waals surface area contributed by atoms with Gasteiger partial charge in [0.25, 0.3) is 0 Å². The highest BCUT2D eigenvalue weighted by molar-refractivity contribution is 7.89. The van der Waals surface area contributed by atoms with Crippen LogP contribution in [-0.4, -0.2) is 24.3 Å². The predicted octanol–water partition coefficient (Wildman–Crippen LogP) is 3.01. The van der Waals surface area contributed by atoms with Crippen molar-refractivity contribution in [1.29, 1.82) is 0 Å². The summed E-state index contributed by atoms with van der Waals surface area (Å²) in [5.74, 6) is -0.549. The maximum absolute atomic E-state index is 12.9. The average molecular weight is 387 g/mol. The molecule has 2 heterocycles. The lowest BCUT2D eigenvalue weighted by Crippen LogP contribution is -2.26. The minimum atomic E-state index is -4.45. The van der Waals surface area contributed by atoms with E-state index in [1.54, 1.807) is 0 Å². The summed E-state index contributed by atoms with van der Waals surface area (Å²) in [5.41, 5.74) is -0.0357. The first-order chi connectivity index (χ1) is 12.1. The van der Waals surface area contributed by atoms with E-state index in [2.05, 4.69) is 9.71 Å². The van der Waals surface area contributed by atoms with Crippen LogP contribution in [0.3, 0.4) is 0 Å². The van der Waals surface area contributed by atoms with Crippen LogP contribution in [0.15, 0.2) is 53.7 Å². The Labute approximate surface area is 146 Å². The Bertz CT molecular complexity index is 1030. The summed E-state index contributed by atoms with van der Waals surface area (Å²) in [4.78, 5) is 4.07. The van der Waals surface area contributed by atoms with Crippen LogP contribution in [0.5, 0.6) is 0 Å². The number of sulfonamides is 1. The van der Waals surface area contributed by atoms with Crippen LogP contribution < -0.4 is 4.72 Å². The van der Waals surface area contributed by atoms with Crippen molar-refractivity contribution < 1.29 is 26.0 Å². The van der Waals surface area contributed by atoms with E-state index in [4.69, 9.17) is 0 Å². The fourth-order valence-corrected chi connectivity index (χ4v) is 3.37. The molecule has 0 atom stereocenters. The topological polar surface area (TPSA) is 63.5 Å². The summed E-state index contributed by atoms with van der Waals surface area (Å²) in [6, 6.07) is 6.53. The lowest BCUT2D eigenvalue weighted by atomic mass is 10.3. The number of benzene rings is 1. The van der Waals surface area contributed by atoms with Gasteiger partial charge in [-0.3, -0.25) is 0 Å². The molecule has 0 bridgehead atoms. The fourth-order valence-electron chi connectivity index (χ4n) is 2.34. The Morgan fingerprint density at radius 1 is 1.04 bits per heavy atom. The first kappa shape index (κ1) is 18.3. The number of nitrogens with one attached hydrogen (secondary N) is 1. The number of pyridine rings is 1. The second-order valence-corrected chi connectivity index (χ2v) is 7.28. The Kier molecular flexibility index (Phi) is 4.72. The van der Waals surface area contributed by atoms with Gasteiger partial charge in [-0.2, -0.15) is 13.2 Å². The second-order valence-electron chi connectivity index (χ2n) is 5.51. The lowest BCUT2D eigenvalue weighted by molar-refractivity contribution is -0.137. The largest absolute Gasteiger partial charge is 0.417 e. The first-order valence-electron chi connectivity index (χ1n) is 7.45. The minimum absolute atomic E-state index is 0.00425. The fraction of sp³-hybridized carbons (Fsp3) is 0.188. The molecule has 1 N–H and O–H groups in total. The van der Waals surface area contributed by atoms with Crippen LogP contribution in [0.2, 0.25) is 0 Å². The Morgan fingerprint density at radius 3 is 2.38 bits per heavy atom. The van der Waals surface area contributed by atoms with Gasteiger partial charge in [-0.25, -0.2) is 22.5 Å². The Hall–Kier alpha value is -2.46. The van der Waals surface area contributed by atoms with Crippen LogP contribution in [0.4, 0.5) is 17.6 Å². The molecule has 0 fully saturated rings. The third-order valence-corrected chi connectivity index (χ3v) is 5.10. The van der Waals surface area contributed by atoms with Crippen molar-refractivity contribution >= 4 is 15.7 Å². The van der Waals surface area contributed by atoms with E-state index in [1.165, 1.54) is 16.7 Å². The molecule has 2 aromatic heterocycles. The van der Waals surface area contributed by atoms with E-state index < -0.39 is 27.6 Å². The van der Waals surface area contributed by atoms with Gasteiger partial charge >= 0.3 is 6.18 Å². The Balaban J connectivity index is 1.69. The molecule has 10 heteroatoms. The van der Waals surface area contributed by atoms with Crippen molar-refractivity contribution in [3.05, 3.63) is 65.9 Å². The molecule has 0 unspecified atom stereocenters. The standard InChI is InChI=1S/C16H13F4N3O2S/c17-12-2-4-14(5-3-12)26(24,25)21-8-7-13-10-23-9-11(16(18,19)20)1-6-15(23)22-13/h1-6,9-10,21H,7-8H2. The molecular formula is C16H13F4N3O2S. The molecule has 0 amide bonds. The van der Waals surface area contributed by atoms with Crippen molar-refractivity contribution in [2.24, 2.45) is 0 Å². The SMILES string of the molecule is O=S(=O)(NCCc1cn2cc(C(F)(F)F)ccc2n1)c1ccc(F)cc1. The number of imidazole rings is 1. The number of hydrogen-bond acceptors (Lipinski definition) is 3. The number of aromatic nitrogens is 2. The molecule has 0 saturated carbocycles. The van der Waals surface area contributed by atoms with E-state index in [1.807, 2.05) is 0 Å². The molecule has 0 aliphatic carbocycles. The van der Waals surface area contributed by atoms with E-state index >= 15 is 0 Å². The van der Waals surface area contributed by atoms with Gasteiger partial charge in [0.05, 0.1) is 16.2 Å². The smallest absolute Gasteiger partial charge is 0.306 e. The third kappa shape index (κ3) is 4.02. The van der Waals surface area contributed by atoms with E-state index in [-0.39, 0.29) is 17.9 Å². The van der Waals surface area contributed by atoms with Crippen molar-refractivity contribution in [2.45, 2.75) is 17.5 Å². The highest BCUT2D eigenvalue weighted by atomic mass is 32.2. The normalized spacial score (nSPS) is 12.6. The van der Waals surface area contributed by atoms with Crippen LogP contribution in [0.25, 0.3) is 5.65 Å². The highest BCUT2D eigenvalue weighted by Gasteiger charge is 2.30. The molecule has 0 aliphatic heterocycles. The van der Waals surface area contributed by atoms with Gasteiger partial charge in [0.2, 0.25) is 10.0 Å². The summed E-state index contributed by atoms with van der Waals surface area (Å²) < 4.78 is 78.7. The van der Waals surface area contributed by atoms with Gasteiger partial charge < -0.3 is 4.40 Å². The van der Waals surface area contributed by atoms with Crippen molar-refractivity contribution in [2.75, 3.05) is 6.54 Å². The molecule has 0 aliphatic rings. The predicted molar refractivity (Wildman–Crippen MR) is 85.5 cm³/mol. The van der Waals surface area contributed by atoms with E-state index in [9.17, 15) is 26.0 Å². The number of rotatable bonds is 5. The summed E-state index contributed by atoms with van der Waals surface area (Å²) in [6.45, 7) is -0.00425. The molecule has 138 valence electrons. The second kappa shape index (κ2) is 6.69. The van der Waals surface area contributed by atoms with Crippen LogP contribution in [0.1, 0.15) is 11.3 Å². The molecule has 3 rings (SSSR count). The third-order valence-electron chi connectivity index (χ3n) is 3.63. The molecule has 1 aromatic carbocycles. The van der Waals surface area contributed by atoms with Crippen molar-refractivity contribution in [3.63, 3.8) is 0 Å². The van der Waals surface area contributed by atoms with Crippen molar-refractivity contribution in [1.82, 2.24) is 14.1 Å². The number of hydrogen-bond donors (Lipinski definition) is 1. The first-order valence-corrected chi connectivity index (χ1v) is 8.93. The van der Waals surface area contributed by atoms with Crippen LogP contribution in [-0.2, 0) is 22.6 Å². The molecule has 0 saturated heterocycles. The highest BCUT2D eigenvalue weighted by Crippen LogP contribution is 2.29. The molecule has 3 aromatic rings.